The van der Waals surface area contributed by atoms with Crippen molar-refractivity contribution in [3.8, 4) is 0 Å². The van der Waals surface area contributed by atoms with Crippen molar-refractivity contribution >= 4 is 17.7 Å². The number of hydrogen-bond donors (Lipinski definition) is 1. The van der Waals surface area contributed by atoms with Gasteiger partial charge in [0, 0.05) is 30.7 Å². The first-order valence-electron chi connectivity index (χ1n) is 6.55. The predicted molar refractivity (Wildman–Crippen MR) is 80.9 cm³/mol. The van der Waals surface area contributed by atoms with Crippen LogP contribution in [0.2, 0.25) is 0 Å². The maximum atomic E-state index is 12.0. The van der Waals surface area contributed by atoms with E-state index in [1.807, 2.05) is 24.4 Å². The van der Waals surface area contributed by atoms with E-state index in [2.05, 4.69) is 22.2 Å². The molecule has 0 bridgehead atoms. The standard InChI is InChI=1S/C15H17N3OS/c1-2-20-14-10-13(6-9-17-14)15(19)18-8-5-12-4-3-7-16-11-12/h3-4,6-7,9-11H,2,5,8H2,1H3,(H,18,19). The van der Waals surface area contributed by atoms with Crippen LogP contribution in [0.25, 0.3) is 0 Å². The minimum Gasteiger partial charge on any atom is -0.352 e. The molecule has 0 aliphatic heterocycles. The number of thioether (sulfide) groups is 1. The molecule has 0 atom stereocenters. The highest BCUT2D eigenvalue weighted by Crippen LogP contribution is 2.15. The number of carbonyl (C=O) groups excluding carboxylic acids is 1. The van der Waals surface area contributed by atoms with Crippen LogP contribution in [0.3, 0.4) is 0 Å². The van der Waals surface area contributed by atoms with Gasteiger partial charge in [0.15, 0.2) is 0 Å². The van der Waals surface area contributed by atoms with E-state index in [9.17, 15) is 4.79 Å². The van der Waals surface area contributed by atoms with E-state index in [1.54, 1.807) is 30.2 Å². The molecule has 0 fully saturated rings. The van der Waals surface area contributed by atoms with Gasteiger partial charge < -0.3 is 5.32 Å². The van der Waals surface area contributed by atoms with Crippen molar-refractivity contribution in [1.29, 1.82) is 0 Å². The van der Waals surface area contributed by atoms with Crippen molar-refractivity contribution in [3.05, 3.63) is 54.0 Å². The van der Waals surface area contributed by atoms with Crippen LogP contribution in [0.4, 0.5) is 0 Å². The lowest BCUT2D eigenvalue weighted by Gasteiger charge is -2.06. The fourth-order valence-electron chi connectivity index (χ4n) is 1.75. The molecule has 1 amide bonds. The van der Waals surface area contributed by atoms with Gasteiger partial charge in [-0.3, -0.25) is 9.78 Å². The minimum absolute atomic E-state index is 0.0609. The van der Waals surface area contributed by atoms with Crippen LogP contribution < -0.4 is 5.32 Å². The second-order valence-electron chi connectivity index (χ2n) is 4.18. The van der Waals surface area contributed by atoms with Crippen LogP contribution in [-0.2, 0) is 6.42 Å². The van der Waals surface area contributed by atoms with Crippen molar-refractivity contribution in [3.63, 3.8) is 0 Å². The van der Waals surface area contributed by atoms with Crippen LogP contribution in [-0.4, -0.2) is 28.2 Å². The Morgan fingerprint density at radius 1 is 1.35 bits per heavy atom. The zero-order valence-electron chi connectivity index (χ0n) is 11.4. The predicted octanol–water partition coefficient (Wildman–Crippen LogP) is 2.56. The summed E-state index contributed by atoms with van der Waals surface area (Å²) in [6.45, 7) is 2.66. The van der Waals surface area contributed by atoms with Crippen molar-refractivity contribution in [2.45, 2.75) is 18.4 Å². The maximum Gasteiger partial charge on any atom is 0.251 e. The van der Waals surface area contributed by atoms with Gasteiger partial charge in [-0.15, -0.1) is 11.8 Å². The number of rotatable bonds is 6. The van der Waals surface area contributed by atoms with Gasteiger partial charge in [-0.05, 0) is 35.9 Å². The van der Waals surface area contributed by atoms with E-state index in [0.29, 0.717) is 12.1 Å². The fourth-order valence-corrected chi connectivity index (χ4v) is 2.39. The molecule has 2 heterocycles. The number of carbonyl (C=O) groups is 1. The SMILES string of the molecule is CCSc1cc(C(=O)NCCc2cccnc2)ccn1. The number of amides is 1. The third-order valence-electron chi connectivity index (χ3n) is 2.71. The number of aromatic nitrogens is 2. The molecule has 0 radical (unpaired) electrons. The summed E-state index contributed by atoms with van der Waals surface area (Å²) in [5.74, 6) is 0.883. The van der Waals surface area contributed by atoms with Crippen molar-refractivity contribution in [2.24, 2.45) is 0 Å². The molecule has 0 saturated carbocycles. The van der Waals surface area contributed by atoms with Gasteiger partial charge in [0.25, 0.3) is 5.91 Å². The molecule has 0 spiro atoms. The zero-order chi connectivity index (χ0) is 14.2. The van der Waals surface area contributed by atoms with Gasteiger partial charge in [-0.25, -0.2) is 4.98 Å². The molecule has 4 nitrogen and oxygen atoms in total. The first-order chi connectivity index (χ1) is 9.79. The highest BCUT2D eigenvalue weighted by Gasteiger charge is 2.06. The van der Waals surface area contributed by atoms with E-state index in [-0.39, 0.29) is 5.91 Å². The summed E-state index contributed by atoms with van der Waals surface area (Å²) in [7, 11) is 0. The van der Waals surface area contributed by atoms with Gasteiger partial charge in [0.2, 0.25) is 0 Å². The lowest BCUT2D eigenvalue weighted by atomic mass is 10.2. The first kappa shape index (κ1) is 14.5. The molecule has 0 aromatic carbocycles. The van der Waals surface area contributed by atoms with Crippen LogP contribution in [0.5, 0.6) is 0 Å². The second-order valence-corrected chi connectivity index (χ2v) is 5.47. The molecule has 1 N–H and O–H groups in total. The van der Waals surface area contributed by atoms with Gasteiger partial charge in [-0.1, -0.05) is 13.0 Å². The zero-order valence-corrected chi connectivity index (χ0v) is 12.2. The second kappa shape index (κ2) is 7.65. The van der Waals surface area contributed by atoms with Crippen molar-refractivity contribution in [1.82, 2.24) is 15.3 Å². The van der Waals surface area contributed by atoms with Gasteiger partial charge in [0.1, 0.15) is 0 Å². The van der Waals surface area contributed by atoms with E-state index in [4.69, 9.17) is 0 Å². The molecule has 0 aliphatic carbocycles. The molecule has 104 valence electrons. The number of nitrogens with zero attached hydrogens (tertiary/aromatic N) is 2. The average molecular weight is 287 g/mol. The largest absolute Gasteiger partial charge is 0.352 e. The number of nitrogens with one attached hydrogen (secondary N) is 1. The van der Waals surface area contributed by atoms with Crippen molar-refractivity contribution in [2.75, 3.05) is 12.3 Å². The average Bonchev–Trinajstić information content (AvgIpc) is 2.49. The molecule has 2 aromatic heterocycles. The Bertz CT molecular complexity index is 560. The molecule has 20 heavy (non-hydrogen) atoms. The van der Waals surface area contributed by atoms with Crippen LogP contribution in [0.15, 0.2) is 47.9 Å². The van der Waals surface area contributed by atoms with Crippen molar-refractivity contribution < 1.29 is 4.79 Å². The Balaban J connectivity index is 1.87. The van der Waals surface area contributed by atoms with Crippen LogP contribution in [0, 0.1) is 0 Å². The summed E-state index contributed by atoms with van der Waals surface area (Å²) in [4.78, 5) is 20.3. The number of hydrogen-bond acceptors (Lipinski definition) is 4. The Labute approximate surface area is 123 Å². The first-order valence-corrected chi connectivity index (χ1v) is 7.54. The normalized spacial score (nSPS) is 10.2. The molecule has 0 aliphatic rings. The minimum atomic E-state index is -0.0609. The molecular formula is C15H17N3OS. The summed E-state index contributed by atoms with van der Waals surface area (Å²) < 4.78 is 0. The number of pyridine rings is 2. The Hall–Kier alpha value is -1.88. The summed E-state index contributed by atoms with van der Waals surface area (Å²) in [5, 5.41) is 3.79. The topological polar surface area (TPSA) is 54.9 Å². The lowest BCUT2D eigenvalue weighted by Crippen LogP contribution is -2.25. The summed E-state index contributed by atoms with van der Waals surface area (Å²) in [6, 6.07) is 7.46. The third-order valence-corrected chi connectivity index (χ3v) is 3.52. The fraction of sp³-hybridized carbons (Fsp3) is 0.267. The summed E-state index contributed by atoms with van der Waals surface area (Å²) in [5.41, 5.74) is 1.77. The Morgan fingerprint density at radius 3 is 3.00 bits per heavy atom. The van der Waals surface area contributed by atoms with E-state index in [0.717, 1.165) is 22.8 Å². The Kier molecular flexibility index (Phi) is 5.55. The highest BCUT2D eigenvalue weighted by molar-refractivity contribution is 7.99. The van der Waals surface area contributed by atoms with Crippen LogP contribution >= 0.6 is 11.8 Å². The third kappa shape index (κ3) is 4.35. The lowest BCUT2D eigenvalue weighted by molar-refractivity contribution is 0.0953. The molecule has 0 saturated heterocycles. The summed E-state index contributed by atoms with van der Waals surface area (Å²) in [6.07, 6.45) is 6.01. The van der Waals surface area contributed by atoms with E-state index in [1.165, 1.54) is 0 Å². The van der Waals surface area contributed by atoms with Gasteiger partial charge in [0.05, 0.1) is 5.03 Å². The molecule has 0 unspecified atom stereocenters. The quantitative estimate of drug-likeness (QED) is 0.830. The molecular weight excluding hydrogens is 270 g/mol. The highest BCUT2D eigenvalue weighted by atomic mass is 32.2. The molecule has 2 rings (SSSR count). The smallest absolute Gasteiger partial charge is 0.251 e. The van der Waals surface area contributed by atoms with Gasteiger partial charge >= 0.3 is 0 Å². The van der Waals surface area contributed by atoms with E-state index < -0.39 is 0 Å². The molecule has 5 heteroatoms. The maximum absolute atomic E-state index is 12.0. The van der Waals surface area contributed by atoms with Gasteiger partial charge in [-0.2, -0.15) is 0 Å². The van der Waals surface area contributed by atoms with E-state index >= 15 is 0 Å². The van der Waals surface area contributed by atoms with Crippen LogP contribution in [0.1, 0.15) is 22.8 Å². The monoisotopic (exact) mass is 287 g/mol. The summed E-state index contributed by atoms with van der Waals surface area (Å²) >= 11 is 1.63. The molecule has 2 aromatic rings. The Morgan fingerprint density at radius 2 is 2.25 bits per heavy atom.